The number of rotatable bonds is 4. The molecule has 2 heterocycles. The Kier molecular flexibility index (Phi) is 4.97. The third-order valence-electron chi connectivity index (χ3n) is 3.26. The molecule has 0 saturated carbocycles. The quantitative estimate of drug-likeness (QED) is 0.870. The number of aromatic nitrogens is 2. The number of likely N-dealkylation sites (tertiary alicyclic amines) is 1. The highest BCUT2D eigenvalue weighted by Gasteiger charge is 2.23. The van der Waals surface area contributed by atoms with Crippen LogP contribution in [0.4, 0.5) is 16.4 Å². The molecule has 0 aromatic carbocycles. The van der Waals surface area contributed by atoms with E-state index in [-0.39, 0.29) is 6.09 Å². The molecule has 110 valence electrons. The maximum Gasteiger partial charge on any atom is 0.409 e. The first-order valence-corrected chi connectivity index (χ1v) is 6.91. The summed E-state index contributed by atoms with van der Waals surface area (Å²) in [5, 5.41) is 6.31. The van der Waals surface area contributed by atoms with Crippen LogP contribution in [0.15, 0.2) is 12.4 Å². The van der Waals surface area contributed by atoms with E-state index in [2.05, 4.69) is 20.6 Å². The summed E-state index contributed by atoms with van der Waals surface area (Å²) in [5.74, 6) is 1.49. The van der Waals surface area contributed by atoms with Gasteiger partial charge in [0.2, 0.25) is 0 Å². The number of nitrogens with one attached hydrogen (secondary N) is 2. The van der Waals surface area contributed by atoms with E-state index < -0.39 is 0 Å². The molecule has 20 heavy (non-hydrogen) atoms. The lowest BCUT2D eigenvalue weighted by Gasteiger charge is -2.31. The van der Waals surface area contributed by atoms with E-state index in [1.807, 2.05) is 14.0 Å². The minimum atomic E-state index is -0.220. The van der Waals surface area contributed by atoms with Gasteiger partial charge in [-0.1, -0.05) is 0 Å². The van der Waals surface area contributed by atoms with Gasteiger partial charge in [-0.05, 0) is 19.8 Å². The van der Waals surface area contributed by atoms with Gasteiger partial charge in [0, 0.05) is 26.2 Å². The van der Waals surface area contributed by atoms with E-state index in [9.17, 15) is 4.79 Å². The fraction of sp³-hybridized carbons (Fsp3) is 0.615. The molecule has 0 spiro atoms. The van der Waals surface area contributed by atoms with Crippen LogP contribution in [0.1, 0.15) is 19.8 Å². The smallest absolute Gasteiger partial charge is 0.409 e. The van der Waals surface area contributed by atoms with E-state index >= 15 is 0 Å². The van der Waals surface area contributed by atoms with Gasteiger partial charge in [0.25, 0.3) is 0 Å². The summed E-state index contributed by atoms with van der Waals surface area (Å²) >= 11 is 0. The first kappa shape index (κ1) is 14.4. The van der Waals surface area contributed by atoms with Crippen molar-refractivity contribution in [2.24, 2.45) is 0 Å². The molecule has 0 unspecified atom stereocenters. The molecule has 1 aromatic rings. The van der Waals surface area contributed by atoms with Gasteiger partial charge >= 0.3 is 6.09 Å². The number of ether oxygens (including phenoxy) is 1. The van der Waals surface area contributed by atoms with Gasteiger partial charge in [0.05, 0.1) is 19.0 Å². The van der Waals surface area contributed by atoms with Gasteiger partial charge in [-0.25, -0.2) is 9.78 Å². The molecule has 1 aliphatic rings. The Balaban J connectivity index is 1.83. The first-order valence-electron chi connectivity index (χ1n) is 6.91. The van der Waals surface area contributed by atoms with Crippen LogP contribution in [0.25, 0.3) is 0 Å². The summed E-state index contributed by atoms with van der Waals surface area (Å²) < 4.78 is 5.00. The Morgan fingerprint density at radius 1 is 1.40 bits per heavy atom. The van der Waals surface area contributed by atoms with Crippen molar-refractivity contribution in [3.05, 3.63) is 12.4 Å². The lowest BCUT2D eigenvalue weighted by atomic mass is 10.1. The van der Waals surface area contributed by atoms with E-state index in [0.717, 1.165) is 24.5 Å². The number of hydrogen-bond acceptors (Lipinski definition) is 6. The molecule has 0 aliphatic carbocycles. The second-order valence-electron chi connectivity index (χ2n) is 4.64. The van der Waals surface area contributed by atoms with Crippen LogP contribution < -0.4 is 10.6 Å². The number of carbonyl (C=O) groups excluding carboxylic acids is 1. The molecule has 1 aromatic heterocycles. The van der Waals surface area contributed by atoms with Crippen LogP contribution in [-0.2, 0) is 4.74 Å². The lowest BCUT2D eigenvalue weighted by Crippen LogP contribution is -2.42. The molecule has 0 bridgehead atoms. The zero-order chi connectivity index (χ0) is 14.4. The fourth-order valence-electron chi connectivity index (χ4n) is 2.19. The molecule has 1 aliphatic heterocycles. The number of carbonyl (C=O) groups is 1. The van der Waals surface area contributed by atoms with Crippen molar-refractivity contribution in [3.8, 4) is 0 Å². The predicted molar refractivity (Wildman–Crippen MR) is 76.8 cm³/mol. The molecule has 2 rings (SSSR count). The Labute approximate surface area is 118 Å². The van der Waals surface area contributed by atoms with Crippen LogP contribution in [0.3, 0.4) is 0 Å². The maximum absolute atomic E-state index is 11.6. The first-order chi connectivity index (χ1) is 9.72. The van der Waals surface area contributed by atoms with Crippen molar-refractivity contribution < 1.29 is 9.53 Å². The van der Waals surface area contributed by atoms with Gasteiger partial charge in [0.15, 0.2) is 0 Å². The monoisotopic (exact) mass is 279 g/mol. The molecule has 7 heteroatoms. The van der Waals surface area contributed by atoms with Crippen LogP contribution >= 0.6 is 0 Å². The molecular weight excluding hydrogens is 258 g/mol. The highest BCUT2D eigenvalue weighted by Crippen LogP contribution is 2.16. The third kappa shape index (κ3) is 3.72. The summed E-state index contributed by atoms with van der Waals surface area (Å²) in [6.07, 6.45) is 4.92. The Morgan fingerprint density at radius 3 is 2.75 bits per heavy atom. The summed E-state index contributed by atoms with van der Waals surface area (Å²) in [5.41, 5.74) is 0. The minimum absolute atomic E-state index is 0.220. The fourth-order valence-corrected chi connectivity index (χ4v) is 2.19. The van der Waals surface area contributed by atoms with Crippen molar-refractivity contribution in [1.82, 2.24) is 14.9 Å². The van der Waals surface area contributed by atoms with Crippen molar-refractivity contribution in [2.75, 3.05) is 37.4 Å². The molecular formula is C13H21N5O2. The molecule has 1 amide bonds. The average molecular weight is 279 g/mol. The molecule has 7 nitrogen and oxygen atoms in total. The highest BCUT2D eigenvalue weighted by molar-refractivity contribution is 5.67. The zero-order valence-electron chi connectivity index (χ0n) is 11.9. The topological polar surface area (TPSA) is 79.4 Å². The molecule has 1 fully saturated rings. The van der Waals surface area contributed by atoms with Crippen molar-refractivity contribution in [1.29, 1.82) is 0 Å². The largest absolute Gasteiger partial charge is 0.450 e. The normalized spacial score (nSPS) is 15.8. The lowest BCUT2D eigenvalue weighted by molar-refractivity contribution is 0.0983. The summed E-state index contributed by atoms with van der Waals surface area (Å²) in [6, 6.07) is 0.307. The number of hydrogen-bond donors (Lipinski definition) is 2. The highest BCUT2D eigenvalue weighted by atomic mass is 16.6. The van der Waals surface area contributed by atoms with Gasteiger partial charge in [0.1, 0.15) is 11.6 Å². The van der Waals surface area contributed by atoms with Gasteiger partial charge in [-0.3, -0.25) is 4.98 Å². The molecule has 0 atom stereocenters. The van der Waals surface area contributed by atoms with E-state index in [1.165, 1.54) is 0 Å². The third-order valence-corrected chi connectivity index (χ3v) is 3.26. The SMILES string of the molecule is CCOC(=O)N1CCC(Nc2cncc(NC)n2)CC1. The van der Waals surface area contributed by atoms with E-state index in [4.69, 9.17) is 4.74 Å². The van der Waals surface area contributed by atoms with Crippen LogP contribution in [0.2, 0.25) is 0 Å². The van der Waals surface area contributed by atoms with Crippen LogP contribution in [-0.4, -0.2) is 53.7 Å². The summed E-state index contributed by atoms with van der Waals surface area (Å²) in [4.78, 5) is 21.8. The van der Waals surface area contributed by atoms with Crippen molar-refractivity contribution >= 4 is 17.7 Å². The maximum atomic E-state index is 11.6. The van der Waals surface area contributed by atoms with Crippen molar-refractivity contribution in [2.45, 2.75) is 25.8 Å². The van der Waals surface area contributed by atoms with E-state index in [1.54, 1.807) is 17.3 Å². The van der Waals surface area contributed by atoms with Crippen LogP contribution in [0.5, 0.6) is 0 Å². The summed E-state index contributed by atoms with van der Waals surface area (Å²) in [6.45, 7) is 3.65. The molecule has 0 radical (unpaired) electrons. The average Bonchev–Trinajstić information content (AvgIpc) is 2.48. The predicted octanol–water partition coefficient (Wildman–Crippen LogP) is 1.55. The van der Waals surface area contributed by atoms with Crippen molar-refractivity contribution in [3.63, 3.8) is 0 Å². The zero-order valence-corrected chi connectivity index (χ0v) is 11.9. The number of amides is 1. The number of nitrogens with zero attached hydrogens (tertiary/aromatic N) is 3. The second-order valence-corrected chi connectivity index (χ2v) is 4.64. The number of anilines is 2. The standard InChI is InChI=1S/C13H21N5O2/c1-3-20-13(19)18-6-4-10(5-7-18)16-12-9-15-8-11(14-2)17-12/h8-10H,3-7H2,1-2H3,(H2,14,16,17). The Bertz CT molecular complexity index is 446. The molecule has 1 saturated heterocycles. The molecule has 2 N–H and O–H groups in total. The van der Waals surface area contributed by atoms with Gasteiger partial charge in [-0.15, -0.1) is 0 Å². The van der Waals surface area contributed by atoms with Crippen LogP contribution in [0, 0.1) is 0 Å². The minimum Gasteiger partial charge on any atom is -0.450 e. The number of piperidine rings is 1. The Hall–Kier alpha value is -2.05. The van der Waals surface area contributed by atoms with E-state index in [0.29, 0.717) is 25.7 Å². The Morgan fingerprint density at radius 2 is 2.10 bits per heavy atom. The second kappa shape index (κ2) is 6.93. The summed E-state index contributed by atoms with van der Waals surface area (Å²) in [7, 11) is 1.81. The van der Waals surface area contributed by atoms with Gasteiger partial charge in [-0.2, -0.15) is 0 Å². The van der Waals surface area contributed by atoms with Gasteiger partial charge < -0.3 is 20.3 Å².